The first kappa shape index (κ1) is 13.0. The van der Waals surface area contributed by atoms with E-state index in [1.165, 1.54) is 4.57 Å². The van der Waals surface area contributed by atoms with Crippen LogP contribution < -0.4 is 10.9 Å². The second kappa shape index (κ2) is 4.66. The van der Waals surface area contributed by atoms with Crippen molar-refractivity contribution in [2.75, 3.05) is 5.32 Å². The molecule has 4 rings (SSSR count). The smallest absolute Gasteiger partial charge is 0.264 e. The molecular weight excluding hydrogens is 280 g/mol. The first-order valence-corrected chi connectivity index (χ1v) is 7.24. The third-order valence-electron chi connectivity index (χ3n) is 3.82. The Kier molecular flexibility index (Phi) is 2.75. The average molecular weight is 296 g/mol. The normalized spacial score (nSPS) is 14.5. The minimum absolute atomic E-state index is 0.0848. The van der Waals surface area contributed by atoms with Gasteiger partial charge in [-0.05, 0) is 18.9 Å². The monoisotopic (exact) mass is 296 g/mol. The van der Waals surface area contributed by atoms with Crippen molar-refractivity contribution < 1.29 is 0 Å². The molecule has 1 saturated carbocycles. The van der Waals surface area contributed by atoms with Crippen molar-refractivity contribution >= 4 is 16.7 Å². The van der Waals surface area contributed by atoms with Crippen LogP contribution in [-0.4, -0.2) is 30.4 Å². The van der Waals surface area contributed by atoms with Gasteiger partial charge in [-0.3, -0.25) is 9.48 Å². The average Bonchev–Trinajstić information content (AvgIpc) is 3.21. The van der Waals surface area contributed by atoms with Crippen molar-refractivity contribution in [1.82, 2.24) is 24.3 Å². The van der Waals surface area contributed by atoms with Crippen LogP contribution in [0.15, 0.2) is 29.6 Å². The third kappa shape index (κ3) is 2.14. The van der Waals surface area contributed by atoms with Gasteiger partial charge in [0.05, 0.1) is 23.7 Å². The van der Waals surface area contributed by atoms with Gasteiger partial charge in [0.25, 0.3) is 5.56 Å². The van der Waals surface area contributed by atoms with Crippen LogP contribution in [0.5, 0.6) is 0 Å². The maximum atomic E-state index is 12.4. The zero-order valence-electron chi connectivity index (χ0n) is 12.4. The number of aromatic nitrogens is 5. The summed E-state index contributed by atoms with van der Waals surface area (Å²) in [7, 11) is 3.56. The van der Waals surface area contributed by atoms with Gasteiger partial charge in [-0.25, -0.2) is 9.97 Å². The van der Waals surface area contributed by atoms with Crippen LogP contribution >= 0.6 is 0 Å². The lowest BCUT2D eigenvalue weighted by molar-refractivity contribution is 0.768. The number of nitrogens with one attached hydrogen (secondary N) is 1. The van der Waals surface area contributed by atoms with Crippen LogP contribution in [0.3, 0.4) is 0 Å². The first-order valence-electron chi connectivity index (χ1n) is 7.24. The van der Waals surface area contributed by atoms with Crippen molar-refractivity contribution in [2.24, 2.45) is 14.1 Å². The summed E-state index contributed by atoms with van der Waals surface area (Å²) in [6.45, 7) is 0. The molecule has 0 bridgehead atoms. The molecule has 112 valence electrons. The number of fused-ring (bicyclic) bond motifs is 1. The standard InChI is InChI=1S/C15H16N6O/c1-20-8-16-12-5-11(9-6-17-21(2)7-9)19-14(13(12)15(20)22)18-10-3-4-10/h5-8,10H,3-4H2,1-2H3,(H,18,19). The van der Waals surface area contributed by atoms with E-state index in [-0.39, 0.29) is 5.56 Å². The molecule has 0 unspecified atom stereocenters. The maximum absolute atomic E-state index is 12.4. The topological polar surface area (TPSA) is 77.6 Å². The molecule has 0 atom stereocenters. The van der Waals surface area contributed by atoms with Gasteiger partial charge < -0.3 is 9.88 Å². The predicted octanol–water partition coefficient (Wildman–Crippen LogP) is 1.30. The molecule has 7 heteroatoms. The molecule has 0 radical (unpaired) electrons. The molecule has 0 saturated heterocycles. The fourth-order valence-corrected chi connectivity index (χ4v) is 2.45. The Balaban J connectivity index is 1.97. The fraction of sp³-hybridized carbons (Fsp3) is 0.333. The highest BCUT2D eigenvalue weighted by Gasteiger charge is 2.24. The van der Waals surface area contributed by atoms with Gasteiger partial charge in [0.1, 0.15) is 11.2 Å². The zero-order chi connectivity index (χ0) is 15.3. The van der Waals surface area contributed by atoms with Gasteiger partial charge in [-0.1, -0.05) is 0 Å². The Morgan fingerprint density at radius 3 is 2.82 bits per heavy atom. The minimum atomic E-state index is -0.0848. The summed E-state index contributed by atoms with van der Waals surface area (Å²) in [5.41, 5.74) is 2.24. The molecule has 0 aromatic carbocycles. The molecule has 0 aliphatic heterocycles. The Bertz CT molecular complexity index is 921. The highest BCUT2D eigenvalue weighted by molar-refractivity contribution is 5.91. The van der Waals surface area contributed by atoms with Crippen molar-refractivity contribution in [3.05, 3.63) is 35.1 Å². The molecule has 3 aromatic heterocycles. The zero-order valence-corrected chi connectivity index (χ0v) is 12.4. The minimum Gasteiger partial charge on any atom is -0.367 e. The number of hydrogen-bond donors (Lipinski definition) is 1. The fourth-order valence-electron chi connectivity index (χ4n) is 2.45. The number of pyridine rings is 1. The highest BCUT2D eigenvalue weighted by atomic mass is 16.1. The summed E-state index contributed by atoms with van der Waals surface area (Å²) in [4.78, 5) is 21.5. The van der Waals surface area contributed by atoms with E-state index in [1.807, 2.05) is 19.3 Å². The SMILES string of the molecule is Cn1cc(-c2cc3ncn(C)c(=O)c3c(NC3CC3)n2)cn1. The van der Waals surface area contributed by atoms with E-state index in [9.17, 15) is 4.79 Å². The first-order chi connectivity index (χ1) is 10.6. The predicted molar refractivity (Wildman–Crippen MR) is 83.6 cm³/mol. The Morgan fingerprint density at radius 2 is 2.14 bits per heavy atom. The van der Waals surface area contributed by atoms with Crippen LogP contribution in [0.2, 0.25) is 0 Å². The van der Waals surface area contributed by atoms with Crippen LogP contribution in [0.25, 0.3) is 22.2 Å². The summed E-state index contributed by atoms with van der Waals surface area (Å²) < 4.78 is 3.21. The number of anilines is 1. The van der Waals surface area contributed by atoms with Crippen molar-refractivity contribution in [1.29, 1.82) is 0 Å². The highest BCUT2D eigenvalue weighted by Crippen LogP contribution is 2.29. The second-order valence-electron chi connectivity index (χ2n) is 5.73. The molecule has 0 spiro atoms. The van der Waals surface area contributed by atoms with Gasteiger partial charge in [0.15, 0.2) is 0 Å². The van der Waals surface area contributed by atoms with Crippen LogP contribution in [0.4, 0.5) is 5.82 Å². The summed E-state index contributed by atoms with van der Waals surface area (Å²) in [6.07, 6.45) is 7.42. The molecule has 22 heavy (non-hydrogen) atoms. The van der Waals surface area contributed by atoms with E-state index < -0.39 is 0 Å². The summed E-state index contributed by atoms with van der Waals surface area (Å²) in [5.74, 6) is 0.618. The Labute approximate surface area is 126 Å². The molecule has 1 aliphatic rings. The molecule has 3 heterocycles. The van der Waals surface area contributed by atoms with Crippen molar-refractivity contribution in [2.45, 2.75) is 18.9 Å². The summed E-state index contributed by atoms with van der Waals surface area (Å²) in [5, 5.41) is 8.08. The Morgan fingerprint density at radius 1 is 1.32 bits per heavy atom. The van der Waals surface area contributed by atoms with Crippen LogP contribution in [-0.2, 0) is 14.1 Å². The van der Waals surface area contributed by atoms with E-state index in [1.54, 1.807) is 24.3 Å². The molecule has 3 aromatic rings. The molecule has 1 aliphatic carbocycles. The Hall–Kier alpha value is -2.70. The van der Waals surface area contributed by atoms with Gasteiger partial charge in [0, 0.05) is 31.9 Å². The number of rotatable bonds is 3. The lowest BCUT2D eigenvalue weighted by Crippen LogP contribution is -2.19. The molecule has 7 nitrogen and oxygen atoms in total. The summed E-state index contributed by atoms with van der Waals surface area (Å²) >= 11 is 0. The molecule has 0 amide bonds. The molecule has 1 fully saturated rings. The summed E-state index contributed by atoms with van der Waals surface area (Å²) in [6, 6.07) is 2.25. The van der Waals surface area contributed by atoms with E-state index in [2.05, 4.69) is 20.4 Å². The maximum Gasteiger partial charge on any atom is 0.264 e. The number of hydrogen-bond acceptors (Lipinski definition) is 5. The van der Waals surface area contributed by atoms with E-state index in [0.29, 0.717) is 22.8 Å². The van der Waals surface area contributed by atoms with Gasteiger partial charge in [-0.2, -0.15) is 5.10 Å². The van der Waals surface area contributed by atoms with Crippen molar-refractivity contribution in [3.63, 3.8) is 0 Å². The van der Waals surface area contributed by atoms with Gasteiger partial charge in [0.2, 0.25) is 0 Å². The third-order valence-corrected chi connectivity index (χ3v) is 3.82. The lowest BCUT2D eigenvalue weighted by atomic mass is 10.2. The molecular formula is C15H16N6O. The van der Waals surface area contributed by atoms with E-state index in [4.69, 9.17) is 0 Å². The number of aryl methyl sites for hydroxylation is 2. The van der Waals surface area contributed by atoms with E-state index in [0.717, 1.165) is 24.1 Å². The second-order valence-corrected chi connectivity index (χ2v) is 5.73. The number of nitrogens with zero attached hydrogens (tertiary/aromatic N) is 5. The lowest BCUT2D eigenvalue weighted by Gasteiger charge is -2.10. The molecule has 1 N–H and O–H groups in total. The van der Waals surface area contributed by atoms with Crippen LogP contribution in [0.1, 0.15) is 12.8 Å². The quantitative estimate of drug-likeness (QED) is 0.788. The van der Waals surface area contributed by atoms with Crippen molar-refractivity contribution in [3.8, 4) is 11.3 Å². The van der Waals surface area contributed by atoms with E-state index >= 15 is 0 Å². The van der Waals surface area contributed by atoms with Gasteiger partial charge in [-0.15, -0.1) is 0 Å². The largest absolute Gasteiger partial charge is 0.367 e. The van der Waals surface area contributed by atoms with Crippen LogP contribution in [0, 0.1) is 0 Å². The van der Waals surface area contributed by atoms with Gasteiger partial charge >= 0.3 is 0 Å².